The Morgan fingerprint density at radius 1 is 1.29 bits per heavy atom. The molecule has 1 N–H and O–H groups in total. The van der Waals surface area contributed by atoms with Gasteiger partial charge >= 0.3 is 12.2 Å². The molecule has 1 aromatic carbocycles. The fourth-order valence-electron chi connectivity index (χ4n) is 1.70. The molecule has 0 radical (unpaired) electrons. The van der Waals surface area contributed by atoms with Crippen LogP contribution >= 0.6 is 11.8 Å². The standard InChI is InChI=1S/C14H19F3N2OS/c1-19(8-3-9-21-2)13(20)18-12-6-4-11(5-7-12)10-14(15,16)17/h4-7H,3,8-10H2,1-2H3,(H,18,20). The average Bonchev–Trinajstić information content (AvgIpc) is 2.39. The van der Waals surface area contributed by atoms with Crippen molar-refractivity contribution >= 4 is 23.5 Å². The topological polar surface area (TPSA) is 32.3 Å². The van der Waals surface area contributed by atoms with Gasteiger partial charge in [-0.2, -0.15) is 24.9 Å². The molecule has 0 spiro atoms. The smallest absolute Gasteiger partial charge is 0.328 e. The molecule has 0 aliphatic carbocycles. The van der Waals surface area contributed by atoms with Gasteiger partial charge in [0.05, 0.1) is 6.42 Å². The van der Waals surface area contributed by atoms with E-state index in [0.29, 0.717) is 12.2 Å². The van der Waals surface area contributed by atoms with Crippen molar-refractivity contribution < 1.29 is 18.0 Å². The lowest BCUT2D eigenvalue weighted by Gasteiger charge is -2.17. The molecule has 1 aromatic rings. The fraction of sp³-hybridized carbons (Fsp3) is 0.500. The van der Waals surface area contributed by atoms with E-state index < -0.39 is 12.6 Å². The number of carbonyl (C=O) groups excluding carboxylic acids is 1. The first-order chi connectivity index (χ1) is 9.81. The molecule has 0 aliphatic rings. The van der Waals surface area contributed by atoms with Gasteiger partial charge in [-0.25, -0.2) is 4.79 Å². The molecule has 1 rings (SSSR count). The minimum Gasteiger partial charge on any atom is -0.328 e. The maximum Gasteiger partial charge on any atom is 0.393 e. The van der Waals surface area contributed by atoms with Gasteiger partial charge in [0.25, 0.3) is 0 Å². The molecule has 2 amide bonds. The highest BCUT2D eigenvalue weighted by molar-refractivity contribution is 7.98. The van der Waals surface area contributed by atoms with Crippen LogP contribution in [0, 0.1) is 0 Å². The molecule has 0 fully saturated rings. The first-order valence-electron chi connectivity index (χ1n) is 6.48. The SMILES string of the molecule is CSCCCN(C)C(=O)Nc1ccc(CC(F)(F)F)cc1. The number of hydrogen-bond donors (Lipinski definition) is 1. The quantitative estimate of drug-likeness (QED) is 0.803. The Bertz CT molecular complexity index is 449. The predicted octanol–water partition coefficient (Wildman–Crippen LogP) is 4.01. The summed E-state index contributed by atoms with van der Waals surface area (Å²) in [6.07, 6.45) is -2.28. The third-order valence-electron chi connectivity index (χ3n) is 2.80. The molecule has 0 saturated heterocycles. The molecule has 0 aliphatic heterocycles. The molecule has 0 aromatic heterocycles. The Balaban J connectivity index is 2.49. The Kier molecular flexibility index (Phi) is 6.87. The summed E-state index contributed by atoms with van der Waals surface area (Å²) in [7, 11) is 1.69. The zero-order valence-electron chi connectivity index (χ0n) is 12.0. The number of carbonyl (C=O) groups is 1. The van der Waals surface area contributed by atoms with Crippen LogP contribution in [0.4, 0.5) is 23.7 Å². The van der Waals surface area contributed by atoms with Crippen molar-refractivity contribution in [1.82, 2.24) is 4.90 Å². The molecule has 21 heavy (non-hydrogen) atoms. The van der Waals surface area contributed by atoms with Crippen LogP contribution < -0.4 is 5.32 Å². The number of halogens is 3. The van der Waals surface area contributed by atoms with Crippen molar-refractivity contribution in [2.75, 3.05) is 30.9 Å². The van der Waals surface area contributed by atoms with E-state index >= 15 is 0 Å². The Morgan fingerprint density at radius 2 is 1.90 bits per heavy atom. The third kappa shape index (κ3) is 7.27. The molecule has 0 atom stereocenters. The number of urea groups is 1. The van der Waals surface area contributed by atoms with Crippen LogP contribution in [-0.2, 0) is 6.42 Å². The number of benzene rings is 1. The van der Waals surface area contributed by atoms with Crippen LogP contribution in [0.1, 0.15) is 12.0 Å². The van der Waals surface area contributed by atoms with Gasteiger partial charge in [0.15, 0.2) is 0 Å². The van der Waals surface area contributed by atoms with E-state index in [1.807, 2.05) is 6.26 Å². The van der Waals surface area contributed by atoms with Crippen molar-refractivity contribution in [3.05, 3.63) is 29.8 Å². The van der Waals surface area contributed by atoms with Crippen LogP contribution in [0.25, 0.3) is 0 Å². The molecule has 118 valence electrons. The Morgan fingerprint density at radius 3 is 2.43 bits per heavy atom. The Labute approximate surface area is 126 Å². The lowest BCUT2D eigenvalue weighted by molar-refractivity contribution is -0.127. The predicted molar refractivity (Wildman–Crippen MR) is 80.8 cm³/mol. The van der Waals surface area contributed by atoms with E-state index in [2.05, 4.69) is 5.32 Å². The maximum absolute atomic E-state index is 12.2. The highest BCUT2D eigenvalue weighted by Crippen LogP contribution is 2.22. The van der Waals surface area contributed by atoms with Crippen molar-refractivity contribution in [3.63, 3.8) is 0 Å². The number of rotatable bonds is 6. The van der Waals surface area contributed by atoms with Gasteiger partial charge in [0.2, 0.25) is 0 Å². The lowest BCUT2D eigenvalue weighted by atomic mass is 10.1. The van der Waals surface area contributed by atoms with E-state index in [1.165, 1.54) is 24.3 Å². The van der Waals surface area contributed by atoms with Crippen LogP contribution in [0.2, 0.25) is 0 Å². The number of amides is 2. The van der Waals surface area contributed by atoms with E-state index in [9.17, 15) is 18.0 Å². The summed E-state index contributed by atoms with van der Waals surface area (Å²) in [5.41, 5.74) is 0.663. The zero-order chi connectivity index (χ0) is 15.9. The summed E-state index contributed by atoms with van der Waals surface area (Å²) in [6, 6.07) is 5.44. The molecule has 0 heterocycles. The first-order valence-corrected chi connectivity index (χ1v) is 7.88. The minimum atomic E-state index is -4.22. The third-order valence-corrected chi connectivity index (χ3v) is 3.50. The lowest BCUT2D eigenvalue weighted by Crippen LogP contribution is -2.32. The number of anilines is 1. The maximum atomic E-state index is 12.2. The normalized spacial score (nSPS) is 11.3. The summed E-state index contributed by atoms with van der Waals surface area (Å²) in [4.78, 5) is 13.4. The monoisotopic (exact) mass is 320 g/mol. The molecule has 0 unspecified atom stereocenters. The molecular weight excluding hydrogens is 301 g/mol. The largest absolute Gasteiger partial charge is 0.393 e. The van der Waals surface area contributed by atoms with Crippen molar-refractivity contribution in [3.8, 4) is 0 Å². The summed E-state index contributed by atoms with van der Waals surface area (Å²) >= 11 is 1.72. The molecule has 0 bridgehead atoms. The van der Waals surface area contributed by atoms with Crippen molar-refractivity contribution in [2.24, 2.45) is 0 Å². The summed E-state index contributed by atoms with van der Waals surface area (Å²) in [5, 5.41) is 2.66. The average molecular weight is 320 g/mol. The van der Waals surface area contributed by atoms with Crippen LogP contribution in [0.15, 0.2) is 24.3 Å². The van der Waals surface area contributed by atoms with Gasteiger partial charge in [0.1, 0.15) is 0 Å². The van der Waals surface area contributed by atoms with Gasteiger partial charge in [-0.15, -0.1) is 0 Å². The van der Waals surface area contributed by atoms with Crippen LogP contribution in [-0.4, -0.2) is 42.7 Å². The summed E-state index contributed by atoms with van der Waals surface area (Å²) in [6.45, 7) is 0.638. The van der Waals surface area contributed by atoms with E-state index in [0.717, 1.165) is 12.2 Å². The highest BCUT2D eigenvalue weighted by atomic mass is 32.2. The van der Waals surface area contributed by atoms with Gasteiger partial charge in [-0.05, 0) is 36.1 Å². The summed E-state index contributed by atoms with van der Waals surface area (Å²) in [5.74, 6) is 0.976. The second kappa shape index (κ2) is 8.17. The number of nitrogens with zero attached hydrogens (tertiary/aromatic N) is 1. The number of thioether (sulfide) groups is 1. The molecule has 0 saturated carbocycles. The van der Waals surface area contributed by atoms with Crippen molar-refractivity contribution in [2.45, 2.75) is 19.0 Å². The Hall–Kier alpha value is -1.37. The second-order valence-corrected chi connectivity index (χ2v) is 5.67. The van der Waals surface area contributed by atoms with E-state index in [1.54, 1.807) is 23.7 Å². The second-order valence-electron chi connectivity index (χ2n) is 4.69. The molecule has 7 heteroatoms. The fourth-order valence-corrected chi connectivity index (χ4v) is 2.12. The number of hydrogen-bond acceptors (Lipinski definition) is 2. The van der Waals surface area contributed by atoms with Gasteiger partial charge in [-0.3, -0.25) is 0 Å². The van der Waals surface area contributed by atoms with Gasteiger partial charge in [0, 0.05) is 19.3 Å². The number of alkyl halides is 3. The number of nitrogens with one attached hydrogen (secondary N) is 1. The van der Waals surface area contributed by atoms with E-state index in [-0.39, 0.29) is 11.6 Å². The zero-order valence-corrected chi connectivity index (χ0v) is 12.9. The summed E-state index contributed by atoms with van der Waals surface area (Å²) < 4.78 is 36.7. The highest BCUT2D eigenvalue weighted by Gasteiger charge is 2.27. The van der Waals surface area contributed by atoms with E-state index in [4.69, 9.17) is 0 Å². The van der Waals surface area contributed by atoms with Crippen molar-refractivity contribution in [1.29, 1.82) is 0 Å². The first kappa shape index (κ1) is 17.7. The van der Waals surface area contributed by atoms with Crippen LogP contribution in [0.3, 0.4) is 0 Å². The van der Waals surface area contributed by atoms with Gasteiger partial charge in [-0.1, -0.05) is 12.1 Å². The molecular formula is C14H19F3N2OS. The molecule has 3 nitrogen and oxygen atoms in total. The van der Waals surface area contributed by atoms with Gasteiger partial charge < -0.3 is 10.2 Å². The minimum absolute atomic E-state index is 0.175. The van der Waals surface area contributed by atoms with Crippen LogP contribution in [0.5, 0.6) is 0 Å².